The van der Waals surface area contributed by atoms with Crippen molar-refractivity contribution < 1.29 is 9.18 Å². The number of rotatable bonds is 2. The first-order valence-electron chi connectivity index (χ1n) is 5.38. The van der Waals surface area contributed by atoms with Gasteiger partial charge in [-0.2, -0.15) is 0 Å². The van der Waals surface area contributed by atoms with Gasteiger partial charge in [0.15, 0.2) is 0 Å². The quantitative estimate of drug-likeness (QED) is 0.722. The largest absolute Gasteiger partial charge is 0.389 e. The van der Waals surface area contributed by atoms with E-state index in [0.29, 0.717) is 0 Å². The summed E-state index contributed by atoms with van der Waals surface area (Å²) in [5, 5.41) is 5.23. The van der Waals surface area contributed by atoms with Gasteiger partial charge < -0.3 is 16.4 Å². The zero-order valence-electron chi connectivity index (χ0n) is 10.5. The van der Waals surface area contributed by atoms with Gasteiger partial charge in [0, 0.05) is 5.54 Å². The number of benzene rings is 1. The third-order valence-corrected chi connectivity index (χ3v) is 2.20. The maximum absolute atomic E-state index is 13.5. The van der Waals surface area contributed by atoms with Crippen LogP contribution in [-0.2, 0) is 0 Å². The van der Waals surface area contributed by atoms with Crippen LogP contribution < -0.4 is 16.4 Å². The molecule has 0 heterocycles. The molecule has 0 saturated heterocycles. The molecule has 0 aliphatic carbocycles. The van der Waals surface area contributed by atoms with Crippen LogP contribution in [0.4, 0.5) is 14.9 Å². The summed E-state index contributed by atoms with van der Waals surface area (Å²) in [5.74, 6) is -0.559. The molecule has 6 heteroatoms. The summed E-state index contributed by atoms with van der Waals surface area (Å²) >= 11 is 4.77. The molecular formula is C12H16FN3OS. The molecule has 1 aromatic carbocycles. The number of halogens is 1. The van der Waals surface area contributed by atoms with Gasteiger partial charge in [-0.15, -0.1) is 0 Å². The molecule has 0 aliphatic heterocycles. The van der Waals surface area contributed by atoms with Gasteiger partial charge in [-0.25, -0.2) is 9.18 Å². The number of amides is 2. The predicted molar refractivity (Wildman–Crippen MR) is 74.2 cm³/mol. The van der Waals surface area contributed by atoms with Crippen molar-refractivity contribution in [3.63, 3.8) is 0 Å². The summed E-state index contributed by atoms with van der Waals surface area (Å²) in [6.45, 7) is 5.52. The molecular weight excluding hydrogens is 253 g/mol. The van der Waals surface area contributed by atoms with Crippen LogP contribution in [0.25, 0.3) is 0 Å². The lowest BCUT2D eigenvalue weighted by molar-refractivity contribution is 0.244. The minimum Gasteiger partial charge on any atom is -0.389 e. The molecule has 0 fully saturated rings. The molecule has 1 rings (SSSR count). The van der Waals surface area contributed by atoms with Gasteiger partial charge in [0.25, 0.3) is 0 Å². The summed E-state index contributed by atoms with van der Waals surface area (Å²) < 4.78 is 13.5. The maximum Gasteiger partial charge on any atom is 0.319 e. The predicted octanol–water partition coefficient (Wildman–Crippen LogP) is 2.38. The van der Waals surface area contributed by atoms with Gasteiger partial charge in [-0.3, -0.25) is 0 Å². The zero-order valence-corrected chi connectivity index (χ0v) is 11.3. The number of carbonyl (C=O) groups excluding carboxylic acids is 1. The second kappa shape index (κ2) is 5.30. The molecule has 2 amide bonds. The molecule has 0 aliphatic rings. The van der Waals surface area contributed by atoms with E-state index in [4.69, 9.17) is 18.0 Å². The lowest BCUT2D eigenvalue weighted by atomic mass is 10.1. The summed E-state index contributed by atoms with van der Waals surface area (Å²) in [7, 11) is 0. The Hall–Kier alpha value is -1.69. The smallest absolute Gasteiger partial charge is 0.319 e. The van der Waals surface area contributed by atoms with Crippen molar-refractivity contribution >= 4 is 28.9 Å². The van der Waals surface area contributed by atoms with Crippen molar-refractivity contribution in [2.24, 2.45) is 5.73 Å². The van der Waals surface area contributed by atoms with Crippen LogP contribution in [0.15, 0.2) is 18.2 Å². The second-order valence-electron chi connectivity index (χ2n) is 4.86. The second-order valence-corrected chi connectivity index (χ2v) is 5.30. The average molecular weight is 269 g/mol. The number of nitrogens with one attached hydrogen (secondary N) is 2. The van der Waals surface area contributed by atoms with E-state index in [9.17, 15) is 9.18 Å². The average Bonchev–Trinajstić information content (AvgIpc) is 2.13. The van der Waals surface area contributed by atoms with E-state index in [1.165, 1.54) is 12.1 Å². The first kappa shape index (κ1) is 14.4. The minimum absolute atomic E-state index is 0.0385. The van der Waals surface area contributed by atoms with Gasteiger partial charge in [0.05, 0.1) is 11.3 Å². The molecule has 0 radical (unpaired) electrons. The highest BCUT2D eigenvalue weighted by Gasteiger charge is 2.17. The van der Waals surface area contributed by atoms with E-state index in [2.05, 4.69) is 10.6 Å². The van der Waals surface area contributed by atoms with E-state index in [1.54, 1.807) is 6.07 Å². The van der Waals surface area contributed by atoms with E-state index in [0.717, 1.165) is 0 Å². The third kappa shape index (κ3) is 3.96. The number of anilines is 1. The Bertz CT molecular complexity index is 483. The van der Waals surface area contributed by atoms with Crippen molar-refractivity contribution in [2.45, 2.75) is 26.3 Å². The number of carbonyl (C=O) groups is 1. The summed E-state index contributed by atoms with van der Waals surface area (Å²) in [6, 6.07) is 3.82. The van der Waals surface area contributed by atoms with Crippen molar-refractivity contribution in [3.05, 3.63) is 29.6 Å². The van der Waals surface area contributed by atoms with E-state index >= 15 is 0 Å². The first-order valence-corrected chi connectivity index (χ1v) is 5.79. The molecule has 0 aromatic heterocycles. The van der Waals surface area contributed by atoms with Gasteiger partial charge in [0.2, 0.25) is 0 Å². The van der Waals surface area contributed by atoms with Gasteiger partial charge in [-0.05, 0) is 32.9 Å². The Labute approximate surface area is 111 Å². The fourth-order valence-electron chi connectivity index (χ4n) is 1.37. The Morgan fingerprint density at radius 1 is 1.39 bits per heavy atom. The van der Waals surface area contributed by atoms with Crippen LogP contribution in [0.1, 0.15) is 26.3 Å². The Balaban J connectivity index is 2.95. The highest BCUT2D eigenvalue weighted by molar-refractivity contribution is 7.80. The number of thiocarbonyl (C=S) groups is 1. The highest BCUT2D eigenvalue weighted by Crippen LogP contribution is 2.19. The number of hydrogen-bond acceptors (Lipinski definition) is 2. The maximum atomic E-state index is 13.5. The lowest BCUT2D eigenvalue weighted by Crippen LogP contribution is -2.43. The molecule has 0 bridgehead atoms. The van der Waals surface area contributed by atoms with Gasteiger partial charge in [0.1, 0.15) is 10.8 Å². The molecule has 0 saturated carbocycles. The fourth-order valence-corrected chi connectivity index (χ4v) is 1.58. The van der Waals surface area contributed by atoms with Crippen LogP contribution in [0.2, 0.25) is 0 Å². The Kier molecular flexibility index (Phi) is 4.24. The highest BCUT2D eigenvalue weighted by atomic mass is 32.1. The Morgan fingerprint density at radius 2 is 2.00 bits per heavy atom. The molecule has 1 aromatic rings. The summed E-state index contributed by atoms with van der Waals surface area (Å²) in [6.07, 6.45) is 0. The van der Waals surface area contributed by atoms with Crippen LogP contribution in [0.3, 0.4) is 0 Å². The van der Waals surface area contributed by atoms with Gasteiger partial charge in [-0.1, -0.05) is 18.3 Å². The van der Waals surface area contributed by atoms with Crippen molar-refractivity contribution in [1.29, 1.82) is 0 Å². The standard InChI is InChI=1S/C12H16FN3OS/c1-12(2,3)16-11(17)15-8-6-4-5-7(13)9(8)10(14)18/h4-6H,1-3H3,(H2,14,18)(H2,15,16,17). The molecule has 18 heavy (non-hydrogen) atoms. The van der Waals surface area contributed by atoms with Gasteiger partial charge >= 0.3 is 6.03 Å². The molecule has 4 nitrogen and oxygen atoms in total. The van der Waals surface area contributed by atoms with Crippen molar-refractivity contribution in [2.75, 3.05) is 5.32 Å². The Morgan fingerprint density at radius 3 is 2.50 bits per heavy atom. The van der Waals surface area contributed by atoms with Crippen molar-refractivity contribution in [1.82, 2.24) is 5.32 Å². The monoisotopic (exact) mass is 269 g/mol. The van der Waals surface area contributed by atoms with Crippen LogP contribution in [0, 0.1) is 5.82 Å². The molecule has 0 spiro atoms. The molecule has 0 atom stereocenters. The van der Waals surface area contributed by atoms with E-state index in [-0.39, 0.29) is 21.8 Å². The van der Waals surface area contributed by atoms with Crippen molar-refractivity contribution in [3.8, 4) is 0 Å². The first-order chi connectivity index (χ1) is 8.20. The number of urea groups is 1. The van der Waals surface area contributed by atoms with E-state index in [1.807, 2.05) is 20.8 Å². The number of hydrogen-bond donors (Lipinski definition) is 3. The molecule has 98 valence electrons. The van der Waals surface area contributed by atoms with Crippen LogP contribution in [-0.4, -0.2) is 16.6 Å². The molecule has 0 unspecified atom stereocenters. The minimum atomic E-state index is -0.559. The fraction of sp³-hybridized carbons (Fsp3) is 0.333. The third-order valence-electron chi connectivity index (χ3n) is 2.00. The topological polar surface area (TPSA) is 67.2 Å². The zero-order chi connectivity index (χ0) is 13.9. The van der Waals surface area contributed by atoms with Crippen LogP contribution >= 0.6 is 12.2 Å². The summed E-state index contributed by atoms with van der Waals surface area (Å²) in [4.78, 5) is 11.6. The SMILES string of the molecule is CC(C)(C)NC(=O)Nc1cccc(F)c1C(N)=S. The molecule has 4 N–H and O–H groups in total. The normalized spacial score (nSPS) is 10.9. The van der Waals surface area contributed by atoms with E-state index < -0.39 is 11.8 Å². The van der Waals surface area contributed by atoms with Crippen LogP contribution in [0.5, 0.6) is 0 Å². The number of nitrogens with two attached hydrogens (primary N) is 1. The lowest BCUT2D eigenvalue weighted by Gasteiger charge is -2.21. The summed E-state index contributed by atoms with van der Waals surface area (Å²) in [5.41, 5.74) is 5.34.